The second-order valence-electron chi connectivity index (χ2n) is 6.59. The second kappa shape index (κ2) is 7.13. The van der Waals surface area contributed by atoms with Crippen LogP contribution in [0.15, 0.2) is 17.8 Å². The molecule has 0 spiro atoms. The highest BCUT2D eigenvalue weighted by atomic mass is 32.2. The molecule has 0 N–H and O–H groups in total. The number of ether oxygens (including phenoxy) is 1. The fourth-order valence-electron chi connectivity index (χ4n) is 3.59. The first-order valence-corrected chi connectivity index (χ1v) is 10.1. The van der Waals surface area contributed by atoms with Crippen LogP contribution in [0, 0.1) is 5.92 Å². The summed E-state index contributed by atoms with van der Waals surface area (Å²) in [5.41, 5.74) is 0. The van der Waals surface area contributed by atoms with Crippen LogP contribution in [0.4, 0.5) is 0 Å². The Hall–Kier alpha value is -1.21. The van der Waals surface area contributed by atoms with Gasteiger partial charge >= 0.3 is 0 Å². The van der Waals surface area contributed by atoms with E-state index in [1.807, 2.05) is 0 Å². The predicted molar refractivity (Wildman–Crippen MR) is 87.0 cm³/mol. The molecule has 1 saturated heterocycles. The van der Waals surface area contributed by atoms with E-state index in [0.717, 1.165) is 25.1 Å². The minimum Gasteiger partial charge on any atom is -0.381 e. The van der Waals surface area contributed by atoms with E-state index in [1.54, 1.807) is 10.6 Å². The van der Waals surface area contributed by atoms with Gasteiger partial charge in [0.2, 0.25) is 15.0 Å². The summed E-state index contributed by atoms with van der Waals surface area (Å²) in [6, 6.07) is 0. The fourth-order valence-corrected chi connectivity index (χ4v) is 5.29. The van der Waals surface area contributed by atoms with Crippen molar-refractivity contribution >= 4 is 9.84 Å². The van der Waals surface area contributed by atoms with E-state index in [4.69, 9.17) is 4.74 Å². The minimum absolute atomic E-state index is 0.0620. The normalized spacial score (nSPS) is 23.2. The van der Waals surface area contributed by atoms with E-state index in [1.165, 1.54) is 19.3 Å². The van der Waals surface area contributed by atoms with E-state index in [-0.39, 0.29) is 16.8 Å². The Morgan fingerprint density at radius 2 is 2.00 bits per heavy atom. The van der Waals surface area contributed by atoms with Crippen LogP contribution in [0.1, 0.15) is 50.3 Å². The van der Waals surface area contributed by atoms with Crippen LogP contribution in [-0.2, 0) is 21.1 Å². The van der Waals surface area contributed by atoms with Gasteiger partial charge in [-0.05, 0) is 25.2 Å². The van der Waals surface area contributed by atoms with Crippen LogP contribution in [0.2, 0.25) is 0 Å². The van der Waals surface area contributed by atoms with Gasteiger partial charge < -0.3 is 4.74 Å². The summed E-state index contributed by atoms with van der Waals surface area (Å²) in [4.78, 5) is 0. The van der Waals surface area contributed by atoms with E-state index in [2.05, 4.69) is 16.8 Å². The Balaban J connectivity index is 1.88. The molecule has 23 heavy (non-hydrogen) atoms. The zero-order chi connectivity index (χ0) is 16.3. The summed E-state index contributed by atoms with van der Waals surface area (Å²) in [7, 11) is -3.45. The zero-order valence-corrected chi connectivity index (χ0v) is 14.3. The number of aromatic nitrogens is 3. The third kappa shape index (κ3) is 3.66. The van der Waals surface area contributed by atoms with Gasteiger partial charge in [-0.3, -0.25) is 4.57 Å². The summed E-state index contributed by atoms with van der Waals surface area (Å²) in [5, 5.41) is 8.42. The molecule has 1 aliphatic heterocycles. The number of nitrogens with zero attached hydrogens (tertiary/aromatic N) is 3. The van der Waals surface area contributed by atoms with E-state index < -0.39 is 9.84 Å². The lowest BCUT2D eigenvalue weighted by molar-refractivity contribution is 0.188. The zero-order valence-electron chi connectivity index (χ0n) is 13.5. The Kier molecular flexibility index (Phi) is 5.16. The van der Waals surface area contributed by atoms with Crippen molar-refractivity contribution in [2.24, 2.45) is 5.92 Å². The molecule has 1 aromatic heterocycles. The van der Waals surface area contributed by atoms with E-state index >= 15 is 0 Å². The SMILES string of the molecule is C=CCn1c(C2CCCCC2)nnc1S(=O)(=O)CC1CCOC1. The number of allylic oxidation sites excluding steroid dienone is 1. The first-order chi connectivity index (χ1) is 11.1. The van der Waals surface area contributed by atoms with Crippen molar-refractivity contribution in [3.05, 3.63) is 18.5 Å². The van der Waals surface area contributed by atoms with Crippen LogP contribution in [0.5, 0.6) is 0 Å². The highest BCUT2D eigenvalue weighted by Crippen LogP contribution is 2.32. The minimum atomic E-state index is -3.45. The fraction of sp³-hybridized carbons (Fsp3) is 0.750. The first kappa shape index (κ1) is 16.6. The molecule has 1 atom stereocenters. The average molecular weight is 339 g/mol. The quantitative estimate of drug-likeness (QED) is 0.744. The van der Waals surface area contributed by atoms with Crippen LogP contribution < -0.4 is 0 Å². The summed E-state index contributed by atoms with van der Waals surface area (Å²) < 4.78 is 32.6. The van der Waals surface area contributed by atoms with Crippen molar-refractivity contribution in [2.75, 3.05) is 19.0 Å². The Labute approximate surface area is 137 Å². The lowest BCUT2D eigenvalue weighted by Gasteiger charge is -2.21. The maximum atomic E-state index is 12.8. The number of hydrogen-bond acceptors (Lipinski definition) is 5. The summed E-state index contributed by atoms with van der Waals surface area (Å²) >= 11 is 0. The van der Waals surface area contributed by atoms with Crippen molar-refractivity contribution in [3.8, 4) is 0 Å². The van der Waals surface area contributed by atoms with Gasteiger partial charge in [0.25, 0.3) is 0 Å². The Morgan fingerprint density at radius 3 is 2.65 bits per heavy atom. The van der Waals surface area contributed by atoms with Crippen molar-refractivity contribution in [3.63, 3.8) is 0 Å². The van der Waals surface area contributed by atoms with Crippen LogP contribution in [-0.4, -0.2) is 42.1 Å². The van der Waals surface area contributed by atoms with Gasteiger partial charge in [0.15, 0.2) is 0 Å². The summed E-state index contributed by atoms with van der Waals surface area (Å²) in [6.07, 6.45) is 8.23. The molecule has 0 bridgehead atoms. The van der Waals surface area contributed by atoms with Gasteiger partial charge in [0, 0.05) is 19.1 Å². The molecule has 1 saturated carbocycles. The second-order valence-corrected chi connectivity index (χ2v) is 8.51. The van der Waals surface area contributed by atoms with Crippen LogP contribution in [0.25, 0.3) is 0 Å². The average Bonchev–Trinajstić information content (AvgIpc) is 3.18. The molecule has 2 heterocycles. The van der Waals surface area contributed by atoms with Crippen LogP contribution >= 0.6 is 0 Å². The number of hydrogen-bond donors (Lipinski definition) is 0. The number of sulfone groups is 1. The van der Waals surface area contributed by atoms with Crippen molar-refractivity contribution in [2.45, 2.75) is 56.1 Å². The Morgan fingerprint density at radius 1 is 1.22 bits per heavy atom. The Bertz CT molecular complexity index is 642. The molecule has 7 heteroatoms. The third-order valence-electron chi connectivity index (χ3n) is 4.78. The molecular formula is C16H25N3O3S. The molecular weight excluding hydrogens is 314 g/mol. The molecule has 0 amide bonds. The van der Waals surface area contributed by atoms with Gasteiger partial charge in [-0.15, -0.1) is 16.8 Å². The summed E-state index contributed by atoms with van der Waals surface area (Å²) in [6.45, 7) is 5.36. The molecule has 0 aromatic carbocycles. The van der Waals surface area contributed by atoms with E-state index in [9.17, 15) is 8.42 Å². The highest BCUT2D eigenvalue weighted by Gasteiger charge is 2.31. The predicted octanol–water partition coefficient (Wildman–Crippen LogP) is 2.32. The van der Waals surface area contributed by atoms with Gasteiger partial charge in [0.05, 0.1) is 12.4 Å². The standard InChI is InChI=1S/C16H25N3O3S/c1-2-9-19-15(14-6-4-3-5-7-14)17-18-16(19)23(20,21)12-13-8-10-22-11-13/h2,13-14H,1,3-12H2. The van der Waals surface area contributed by atoms with Crippen LogP contribution in [0.3, 0.4) is 0 Å². The molecule has 3 rings (SSSR count). The van der Waals surface area contributed by atoms with Gasteiger partial charge in [-0.2, -0.15) is 0 Å². The molecule has 0 radical (unpaired) electrons. The molecule has 1 unspecified atom stereocenters. The van der Waals surface area contributed by atoms with Gasteiger partial charge in [-0.1, -0.05) is 25.3 Å². The van der Waals surface area contributed by atoms with Gasteiger partial charge in [-0.25, -0.2) is 8.42 Å². The van der Waals surface area contributed by atoms with Crippen molar-refractivity contribution in [1.82, 2.24) is 14.8 Å². The lowest BCUT2D eigenvalue weighted by Crippen LogP contribution is -2.21. The van der Waals surface area contributed by atoms with Crippen molar-refractivity contribution < 1.29 is 13.2 Å². The molecule has 2 fully saturated rings. The first-order valence-electron chi connectivity index (χ1n) is 8.46. The molecule has 1 aromatic rings. The smallest absolute Gasteiger partial charge is 0.250 e. The molecule has 128 valence electrons. The molecule has 2 aliphatic rings. The summed E-state index contributed by atoms with van der Waals surface area (Å²) in [5.74, 6) is 1.28. The maximum absolute atomic E-state index is 12.8. The van der Waals surface area contributed by atoms with Gasteiger partial charge in [0.1, 0.15) is 5.82 Å². The molecule has 1 aliphatic carbocycles. The monoisotopic (exact) mass is 339 g/mol. The van der Waals surface area contributed by atoms with Crippen molar-refractivity contribution in [1.29, 1.82) is 0 Å². The number of rotatable bonds is 6. The largest absolute Gasteiger partial charge is 0.381 e. The highest BCUT2D eigenvalue weighted by molar-refractivity contribution is 7.91. The molecule has 6 nitrogen and oxygen atoms in total. The van der Waals surface area contributed by atoms with E-state index in [0.29, 0.717) is 25.7 Å². The lowest BCUT2D eigenvalue weighted by atomic mass is 9.89. The topological polar surface area (TPSA) is 74.1 Å². The maximum Gasteiger partial charge on any atom is 0.250 e. The third-order valence-corrected chi connectivity index (χ3v) is 6.55.